The van der Waals surface area contributed by atoms with Crippen molar-refractivity contribution in [2.24, 2.45) is 11.8 Å². The molecule has 0 aromatic carbocycles. The number of nitrogens with one attached hydrogen (secondary N) is 1. The van der Waals surface area contributed by atoms with Crippen molar-refractivity contribution < 1.29 is 4.74 Å². The summed E-state index contributed by atoms with van der Waals surface area (Å²) in [5, 5.41) is 0. The third kappa shape index (κ3) is 4.04. The Bertz CT molecular complexity index is 115. The molecule has 1 aliphatic rings. The van der Waals surface area contributed by atoms with Gasteiger partial charge in [0, 0.05) is 19.3 Å². The standard InChI is InChI=1S/C9H20N2O/c1-2-12-6-5-9(11-10)7-8-3-4-8/h8-9,11H,2-7,10H2,1H3. The quantitative estimate of drug-likeness (QED) is 0.343. The van der Waals surface area contributed by atoms with Gasteiger partial charge in [0.05, 0.1) is 0 Å². The van der Waals surface area contributed by atoms with Crippen LogP contribution in [0.1, 0.15) is 32.6 Å². The van der Waals surface area contributed by atoms with Crippen molar-refractivity contribution in [2.45, 2.75) is 38.6 Å². The highest BCUT2D eigenvalue weighted by molar-refractivity contribution is 4.78. The van der Waals surface area contributed by atoms with E-state index in [0.29, 0.717) is 6.04 Å². The molecule has 1 fully saturated rings. The second-order valence-corrected chi connectivity index (χ2v) is 3.53. The minimum atomic E-state index is 0.462. The smallest absolute Gasteiger partial charge is 0.0481 e. The fraction of sp³-hybridized carbons (Fsp3) is 1.00. The number of rotatable bonds is 7. The number of ether oxygens (including phenoxy) is 1. The van der Waals surface area contributed by atoms with E-state index < -0.39 is 0 Å². The fourth-order valence-electron chi connectivity index (χ4n) is 1.40. The zero-order valence-corrected chi connectivity index (χ0v) is 7.88. The van der Waals surface area contributed by atoms with Crippen LogP contribution < -0.4 is 11.3 Å². The van der Waals surface area contributed by atoms with Crippen molar-refractivity contribution in [3.63, 3.8) is 0 Å². The fourth-order valence-corrected chi connectivity index (χ4v) is 1.40. The summed E-state index contributed by atoms with van der Waals surface area (Å²) in [6.45, 7) is 3.66. The highest BCUT2D eigenvalue weighted by Gasteiger charge is 2.24. The first-order valence-electron chi connectivity index (χ1n) is 4.90. The zero-order valence-electron chi connectivity index (χ0n) is 7.88. The molecular weight excluding hydrogens is 152 g/mol. The van der Waals surface area contributed by atoms with Crippen LogP contribution in [0.3, 0.4) is 0 Å². The summed E-state index contributed by atoms with van der Waals surface area (Å²) >= 11 is 0. The third-order valence-corrected chi connectivity index (χ3v) is 2.37. The van der Waals surface area contributed by atoms with Gasteiger partial charge in [-0.3, -0.25) is 11.3 Å². The van der Waals surface area contributed by atoms with Gasteiger partial charge in [-0.2, -0.15) is 0 Å². The molecule has 0 aromatic rings. The molecule has 0 radical (unpaired) electrons. The van der Waals surface area contributed by atoms with E-state index in [0.717, 1.165) is 25.6 Å². The van der Waals surface area contributed by atoms with Crippen LogP contribution in [0.5, 0.6) is 0 Å². The van der Waals surface area contributed by atoms with Gasteiger partial charge in [-0.25, -0.2) is 0 Å². The van der Waals surface area contributed by atoms with Crippen LogP contribution in [-0.4, -0.2) is 19.3 Å². The summed E-state index contributed by atoms with van der Waals surface area (Å²) < 4.78 is 5.27. The van der Waals surface area contributed by atoms with E-state index in [-0.39, 0.29) is 0 Å². The number of nitrogens with two attached hydrogens (primary N) is 1. The lowest BCUT2D eigenvalue weighted by Crippen LogP contribution is -2.36. The summed E-state index contributed by atoms with van der Waals surface area (Å²) in [6, 6.07) is 0.462. The molecule has 1 rings (SSSR count). The summed E-state index contributed by atoms with van der Waals surface area (Å²) in [6.07, 6.45) is 5.06. The molecule has 1 unspecified atom stereocenters. The van der Waals surface area contributed by atoms with Crippen molar-refractivity contribution in [2.75, 3.05) is 13.2 Å². The SMILES string of the molecule is CCOCCC(CC1CC1)NN. The maximum absolute atomic E-state index is 5.43. The summed E-state index contributed by atoms with van der Waals surface area (Å²) in [4.78, 5) is 0. The van der Waals surface area contributed by atoms with Gasteiger partial charge in [0.15, 0.2) is 0 Å². The van der Waals surface area contributed by atoms with Gasteiger partial charge in [0.25, 0.3) is 0 Å². The van der Waals surface area contributed by atoms with E-state index in [4.69, 9.17) is 10.6 Å². The molecule has 1 aliphatic carbocycles. The van der Waals surface area contributed by atoms with Crippen LogP contribution in [-0.2, 0) is 4.74 Å². The third-order valence-electron chi connectivity index (χ3n) is 2.37. The maximum Gasteiger partial charge on any atom is 0.0481 e. The largest absolute Gasteiger partial charge is 0.382 e. The second kappa shape index (κ2) is 5.51. The van der Waals surface area contributed by atoms with Crippen molar-refractivity contribution in [3.8, 4) is 0 Å². The molecule has 0 heterocycles. The van der Waals surface area contributed by atoms with Gasteiger partial charge in [-0.1, -0.05) is 12.8 Å². The average molecular weight is 172 g/mol. The number of hydrogen-bond donors (Lipinski definition) is 2. The van der Waals surface area contributed by atoms with Crippen molar-refractivity contribution in [1.29, 1.82) is 0 Å². The minimum absolute atomic E-state index is 0.462. The maximum atomic E-state index is 5.43. The van der Waals surface area contributed by atoms with Crippen molar-refractivity contribution in [1.82, 2.24) is 5.43 Å². The molecule has 0 aliphatic heterocycles. The van der Waals surface area contributed by atoms with Crippen LogP contribution in [0.2, 0.25) is 0 Å². The van der Waals surface area contributed by atoms with Gasteiger partial charge in [-0.15, -0.1) is 0 Å². The Morgan fingerprint density at radius 1 is 1.58 bits per heavy atom. The molecule has 72 valence electrons. The number of hydrogen-bond acceptors (Lipinski definition) is 3. The lowest BCUT2D eigenvalue weighted by molar-refractivity contribution is 0.134. The van der Waals surface area contributed by atoms with Crippen LogP contribution in [0.15, 0.2) is 0 Å². The van der Waals surface area contributed by atoms with Crippen molar-refractivity contribution >= 4 is 0 Å². The van der Waals surface area contributed by atoms with E-state index in [1.165, 1.54) is 19.3 Å². The predicted molar refractivity (Wildman–Crippen MR) is 49.6 cm³/mol. The van der Waals surface area contributed by atoms with E-state index in [1.54, 1.807) is 0 Å². The van der Waals surface area contributed by atoms with Gasteiger partial charge in [0.1, 0.15) is 0 Å². The minimum Gasteiger partial charge on any atom is -0.382 e. The topological polar surface area (TPSA) is 47.3 Å². The van der Waals surface area contributed by atoms with E-state index in [1.807, 2.05) is 6.92 Å². The molecule has 1 saturated carbocycles. The Morgan fingerprint density at radius 3 is 2.83 bits per heavy atom. The summed E-state index contributed by atoms with van der Waals surface area (Å²) in [5.74, 6) is 6.36. The highest BCUT2D eigenvalue weighted by atomic mass is 16.5. The predicted octanol–water partition coefficient (Wildman–Crippen LogP) is 1.04. The Morgan fingerprint density at radius 2 is 2.33 bits per heavy atom. The van der Waals surface area contributed by atoms with Crippen LogP contribution in [0.4, 0.5) is 0 Å². The molecule has 3 heteroatoms. The molecule has 0 amide bonds. The molecule has 0 saturated heterocycles. The average Bonchev–Trinajstić information content (AvgIpc) is 2.87. The molecule has 3 nitrogen and oxygen atoms in total. The lowest BCUT2D eigenvalue weighted by atomic mass is 10.1. The van der Waals surface area contributed by atoms with E-state index in [9.17, 15) is 0 Å². The zero-order chi connectivity index (χ0) is 8.81. The second-order valence-electron chi connectivity index (χ2n) is 3.53. The Hall–Kier alpha value is -0.120. The first-order valence-corrected chi connectivity index (χ1v) is 4.90. The van der Waals surface area contributed by atoms with Crippen molar-refractivity contribution in [3.05, 3.63) is 0 Å². The van der Waals surface area contributed by atoms with Crippen LogP contribution >= 0.6 is 0 Å². The molecule has 0 bridgehead atoms. The first kappa shape index (κ1) is 9.96. The van der Waals surface area contributed by atoms with Gasteiger partial charge in [0.2, 0.25) is 0 Å². The number of hydrazine groups is 1. The van der Waals surface area contributed by atoms with Gasteiger partial charge >= 0.3 is 0 Å². The summed E-state index contributed by atoms with van der Waals surface area (Å²) in [7, 11) is 0. The summed E-state index contributed by atoms with van der Waals surface area (Å²) in [5.41, 5.74) is 2.85. The molecule has 0 spiro atoms. The Labute approximate surface area is 74.6 Å². The lowest BCUT2D eigenvalue weighted by Gasteiger charge is -2.14. The van der Waals surface area contributed by atoms with E-state index in [2.05, 4.69) is 5.43 Å². The Kier molecular flexibility index (Phi) is 4.58. The molecule has 0 aromatic heterocycles. The Balaban J connectivity index is 1.98. The van der Waals surface area contributed by atoms with Crippen LogP contribution in [0, 0.1) is 5.92 Å². The monoisotopic (exact) mass is 172 g/mol. The normalized spacial score (nSPS) is 19.5. The molecular formula is C9H20N2O. The van der Waals surface area contributed by atoms with E-state index >= 15 is 0 Å². The molecule has 1 atom stereocenters. The van der Waals surface area contributed by atoms with Gasteiger partial charge < -0.3 is 4.74 Å². The highest BCUT2D eigenvalue weighted by Crippen LogP contribution is 2.33. The first-order chi connectivity index (χ1) is 5.86. The van der Waals surface area contributed by atoms with Crippen LogP contribution in [0.25, 0.3) is 0 Å². The molecule has 3 N–H and O–H groups in total. The van der Waals surface area contributed by atoms with Gasteiger partial charge in [-0.05, 0) is 25.7 Å². The molecule has 12 heavy (non-hydrogen) atoms.